The zero-order valence-corrected chi connectivity index (χ0v) is 92.5. The van der Waals surface area contributed by atoms with Crippen LogP contribution in [-0.4, -0.2) is 215 Å². The van der Waals surface area contributed by atoms with Crippen molar-refractivity contribution in [2.75, 3.05) is 45.5 Å². The van der Waals surface area contributed by atoms with Crippen LogP contribution in [0.4, 0.5) is 28.8 Å². The Morgan fingerprint density at radius 3 is 1.02 bits per heavy atom. The van der Waals surface area contributed by atoms with Crippen LogP contribution in [0.3, 0.4) is 0 Å². The van der Waals surface area contributed by atoms with Gasteiger partial charge in [-0.15, -0.1) is 0 Å². The maximum atomic E-state index is 12.2. The number of ketones is 1. The number of hydrogen-bond acceptors (Lipinski definition) is 28. The van der Waals surface area contributed by atoms with Crippen LogP contribution in [0.2, 0.25) is 0 Å². The number of azide groups is 1. The minimum absolute atomic E-state index is 0. The molecule has 3 aromatic carbocycles. The van der Waals surface area contributed by atoms with Gasteiger partial charge in [-0.2, -0.15) is 0 Å². The fourth-order valence-corrected chi connectivity index (χ4v) is 8.43. The summed E-state index contributed by atoms with van der Waals surface area (Å²) in [7, 11) is 1.31. The number of carboxylic acids is 1. The zero-order chi connectivity index (χ0) is 110. The van der Waals surface area contributed by atoms with Crippen LogP contribution in [0.1, 0.15) is 282 Å². The van der Waals surface area contributed by atoms with E-state index < -0.39 is 85.3 Å². The maximum absolute atomic E-state index is 12.2. The number of carboxylic acid groups (broad SMARTS) is 1. The molecule has 6 atom stereocenters. The van der Waals surface area contributed by atoms with Gasteiger partial charge < -0.3 is 118 Å². The van der Waals surface area contributed by atoms with E-state index in [0.717, 1.165) is 51.2 Å². The third kappa shape index (κ3) is 123. The number of aromatic carboxylic acids is 1. The molecule has 44 heteroatoms. The van der Waals surface area contributed by atoms with Crippen molar-refractivity contribution in [2.24, 2.45) is 22.5 Å². The summed E-state index contributed by atoms with van der Waals surface area (Å²) >= 11 is 5.31. The van der Waals surface area contributed by atoms with E-state index in [9.17, 15) is 66.6 Å². The number of Topliss-reactive ketones (excluding diaryl/α,β-unsaturated/α-hetero) is 1. The Labute approximate surface area is 867 Å². The molecular formula is C97H164Cl2N15NaO25S. The first kappa shape index (κ1) is 148. The smallest absolute Gasteiger partial charge is 0.507 e. The van der Waals surface area contributed by atoms with Gasteiger partial charge in [0.25, 0.3) is 11.8 Å². The number of nitrogens with two attached hydrogens (primary N) is 2. The van der Waals surface area contributed by atoms with Crippen LogP contribution < -0.4 is 77.8 Å². The molecule has 798 valence electrons. The molecule has 0 fully saturated rings. The Kier molecular flexibility index (Phi) is 90.4. The van der Waals surface area contributed by atoms with Crippen molar-refractivity contribution >= 4 is 91.8 Å². The summed E-state index contributed by atoms with van der Waals surface area (Å²) in [4.78, 5) is 119. The van der Waals surface area contributed by atoms with Gasteiger partial charge in [0.05, 0.1) is 35.6 Å². The van der Waals surface area contributed by atoms with Gasteiger partial charge in [0.2, 0.25) is 9.05 Å². The molecule has 3 rings (SSSR count). The summed E-state index contributed by atoms with van der Waals surface area (Å²) in [6, 6.07) is 18.1. The van der Waals surface area contributed by atoms with Crippen molar-refractivity contribution in [3.8, 4) is 17.2 Å². The van der Waals surface area contributed by atoms with E-state index in [1.165, 1.54) is 29.2 Å². The molecule has 0 aliphatic rings. The molecule has 141 heavy (non-hydrogen) atoms. The van der Waals surface area contributed by atoms with E-state index in [-0.39, 0.29) is 131 Å². The number of hydrogen-bond donors (Lipinski definition) is 15. The molecule has 0 aromatic heterocycles. The van der Waals surface area contributed by atoms with Crippen LogP contribution in [0, 0.1) is 5.92 Å². The summed E-state index contributed by atoms with van der Waals surface area (Å²) < 4.78 is 52.5. The number of aliphatic hydroxyl groups excluding tert-OH is 2. The topological polar surface area (TPSA) is 635 Å². The van der Waals surface area contributed by atoms with Gasteiger partial charge in [-0.25, -0.2) is 46.8 Å². The number of phenolic OH excluding ortho intramolecular Hbond substituents is 2. The second-order valence-corrected chi connectivity index (χ2v) is 40.0. The molecule has 0 aliphatic carbocycles. The molecule has 0 spiro atoms. The summed E-state index contributed by atoms with van der Waals surface area (Å²) in [6.45, 7) is 50.8. The van der Waals surface area contributed by atoms with E-state index in [4.69, 9.17) is 88.7 Å². The van der Waals surface area contributed by atoms with E-state index in [0.29, 0.717) is 51.4 Å². The van der Waals surface area contributed by atoms with Crippen molar-refractivity contribution in [3.63, 3.8) is 0 Å². The number of rotatable bonds is 34. The average Bonchev–Trinajstić information content (AvgIpc) is 0.872. The number of carbonyl (C=O) groups excluding carboxylic acids is 9. The number of alkyl carbamates (subject to hydrolysis) is 4. The quantitative estimate of drug-likeness (QED) is 0.00252. The maximum Gasteiger partial charge on any atom is 1.00 e. The minimum Gasteiger partial charge on any atom is -0.507 e. The summed E-state index contributed by atoms with van der Waals surface area (Å²) in [5.74, 6) is -1.36. The molecule has 0 heterocycles. The van der Waals surface area contributed by atoms with Crippen molar-refractivity contribution in [1.82, 2.24) is 36.7 Å². The first-order chi connectivity index (χ1) is 64.4. The summed E-state index contributed by atoms with van der Waals surface area (Å²) in [5.41, 5.74) is 29.2. The van der Waals surface area contributed by atoms with Crippen LogP contribution in [0.25, 0.3) is 26.4 Å². The third-order valence-corrected chi connectivity index (χ3v) is 14.2. The Morgan fingerprint density at radius 1 is 0.461 bits per heavy atom. The Balaban J connectivity index is -0.000000206. The zero-order valence-electron chi connectivity index (χ0n) is 88.2. The number of nitrogens with one attached hydrogen (secondary N) is 7. The van der Waals surface area contributed by atoms with Crippen molar-refractivity contribution in [2.45, 2.75) is 321 Å². The Morgan fingerprint density at radius 2 is 0.752 bits per heavy atom. The monoisotopic (exact) mass is 2060 g/mol. The Hall–Kier alpha value is -10.7. The van der Waals surface area contributed by atoms with Gasteiger partial charge in [-0.3, -0.25) is 19.3 Å². The van der Waals surface area contributed by atoms with E-state index in [1.807, 2.05) is 76.2 Å². The molecular weight excluding hydrogens is 1900 g/mol. The fraction of sp³-hybridized carbons (Fsp3) is 0.588. The molecule has 0 aliphatic heterocycles. The van der Waals surface area contributed by atoms with Crippen LogP contribution in [0.15, 0.2) is 151 Å². The molecule has 0 bridgehead atoms. The standard InChI is InChI=1S/C33H45NO3.C10H13ClN2O2.C10H18O5.C9H19NO2.C8H16N4O2.C8H18N2O2.C8H17NO3.C7H6O3.C3H9NO.CH3ClO2S.N3.Na/c1-3-4-5-6-7-8-9-10-11-12-13-14-15-16-17-18-19-20-21-24-30(35)28-27-29(2)34-33(37)31-25-22-23-26-32(31)36;1-7(6-12-11)13-10(15)8-4-2-3-5-9(8)14;1-9(2,3)14-7(11)13-8(12)15-10(4,5)6;1-7(2)6-10-8(11)12-9(3,4)5;1-6(11-12-9)5-10-7(13)14-8(2,3)4;1-6(9)5-10-7(11)12-8(2,3)4;1-6(10)5-9-7(11)12-8(2,3)4;8-6-4-2-1-3-5(6)7(9)10;1-3(5)2-4;1-5(2,3)4;1-3-2;/h4-5,7-8,10-11,13-14,16-17,19-20,22-23,25-26,29,36H,3,6,9,12,15,18,21,24,27-28H2,1-2H3,(H,34,37);2-5,7,12,14H,6H2,1H3,(H,13,15);1-6H3;7H,6H2,1-5H3,(H,10,11);6H,5H2,1-4H3,(H,10,13);6H,5,9H2,1-4H3,(H,10,11);6,10H,5H2,1-4H3,(H,9,11);1-4,8H,(H,9,10);3,5H,2,4H2,1H3;1H3;;/q;;;;;;;;;;-1;+1/b5-4-,8-7-,11-10-,14-13-,17-16-,20-19-;;;;;;;;;;;. The fourth-order valence-electron chi connectivity index (χ4n) is 8.20. The first-order valence-electron chi connectivity index (χ1n) is 45.1. The number of aromatic hydroxyl groups is 3. The number of nitrogens with zero attached hydrogens (tertiary/aromatic N) is 6. The number of halogens is 2. The van der Waals surface area contributed by atoms with E-state index in [1.54, 1.807) is 152 Å². The Bertz CT molecular complexity index is 4230. The molecule has 6 unspecified atom stereocenters. The number of carbonyl (C=O) groups is 10. The molecule has 6 amide bonds. The number of phenols is 3. The second-order valence-electron chi connectivity index (χ2n) is 36.7. The normalized spacial score (nSPS) is 12.2. The number of aliphatic hydroxyl groups is 2. The largest absolute Gasteiger partial charge is 1.00 e. The number of benzene rings is 3. The van der Waals surface area contributed by atoms with Crippen LogP contribution >= 0.6 is 22.5 Å². The van der Waals surface area contributed by atoms with Gasteiger partial charge in [0.1, 0.15) is 62.2 Å². The van der Waals surface area contributed by atoms with Crippen LogP contribution in [-0.2, 0) is 47.0 Å². The predicted octanol–water partition coefficient (Wildman–Crippen LogP) is 17.1. The number of para-hydroxylation sites is 3. The van der Waals surface area contributed by atoms with Gasteiger partial charge in [-0.1, -0.05) is 142 Å². The molecule has 0 saturated heterocycles. The second kappa shape index (κ2) is 86.1. The van der Waals surface area contributed by atoms with Gasteiger partial charge in [0, 0.05) is 85.8 Å². The summed E-state index contributed by atoms with van der Waals surface area (Å²) in [5, 5.41) is 72.6. The molecule has 17 N–H and O–H groups in total. The number of allylic oxidation sites excluding steroid dienone is 12. The molecule has 3 aromatic rings. The molecule has 40 nitrogen and oxygen atoms in total. The SMILES string of the molecule is CC(C)(C)OC(=O)OC(=O)OC(C)(C)C.CC(C)CNC(=O)OC(C)(C)C.CC(CNC(=O)OC(C)(C)C)N=[N+]=[N-].CC(CNCl)NC(=O)c1ccccc1O.CC(N)CNC(=O)OC(C)(C)C.CC(O)CN.CC(O)CNC(=O)OC(C)(C)C.CC/C=C\C/C=C\C/C=C\C/C=C\C/C=C\C/C=C\CCC(=O)CCC(C)NC(=O)c1ccccc1O.CS(=O)(=O)Cl.O=C(O)c1ccccc1O.[N-]=[N+]=[N-].[Na+]. The summed E-state index contributed by atoms with van der Waals surface area (Å²) in [6.07, 6.45) is 30.3. The third-order valence-electron chi connectivity index (χ3n) is 14.1. The number of amides is 6. The van der Waals surface area contributed by atoms with Gasteiger partial charge in [0.15, 0.2) is 0 Å². The first-order valence-corrected chi connectivity index (χ1v) is 48.2. The van der Waals surface area contributed by atoms with Crippen molar-refractivity contribution in [1.29, 1.82) is 0 Å². The van der Waals surface area contributed by atoms with Gasteiger partial charge in [-0.05, 0) is 270 Å². The van der Waals surface area contributed by atoms with Gasteiger partial charge >= 0.3 is 72.2 Å². The minimum atomic E-state index is -3.19. The predicted molar refractivity (Wildman–Crippen MR) is 551 cm³/mol. The van der Waals surface area contributed by atoms with Crippen molar-refractivity contribution < 1.29 is 150 Å². The molecule has 0 saturated carbocycles. The van der Waals surface area contributed by atoms with Crippen LogP contribution in [0.5, 0.6) is 17.2 Å². The number of ether oxygens (including phenoxy) is 7. The molecule has 0 radical (unpaired) electrons. The van der Waals surface area contributed by atoms with E-state index >= 15 is 0 Å². The average molecular weight is 2070 g/mol. The van der Waals surface area contributed by atoms with Crippen molar-refractivity contribution in [3.05, 3.63) is 189 Å². The van der Waals surface area contributed by atoms with E-state index in [2.05, 4.69) is 142 Å².